The third-order valence-electron chi connectivity index (χ3n) is 2.47. The van der Waals surface area contributed by atoms with Crippen molar-refractivity contribution in [3.63, 3.8) is 0 Å². The van der Waals surface area contributed by atoms with E-state index in [1.165, 1.54) is 0 Å². The molecule has 0 atom stereocenters. The number of aryl methyl sites for hydroxylation is 2. The number of hydrogen-bond donors (Lipinski definition) is 1. The highest BCUT2D eigenvalue weighted by Gasteiger charge is 2.20. The van der Waals surface area contributed by atoms with Crippen LogP contribution in [-0.2, 0) is 6.42 Å². The second-order valence-electron chi connectivity index (χ2n) is 3.52. The van der Waals surface area contributed by atoms with E-state index in [1.807, 2.05) is 6.92 Å². The van der Waals surface area contributed by atoms with Crippen LogP contribution in [-0.4, -0.2) is 5.11 Å². The van der Waals surface area contributed by atoms with Crippen LogP contribution in [0.4, 0.5) is 4.39 Å². The number of phenolic OH excluding ortho intramolecular Hbond substituents is 1. The van der Waals surface area contributed by atoms with E-state index < -0.39 is 0 Å². The Kier molecular flexibility index (Phi) is 2.23. The minimum absolute atomic E-state index is 0.198. The molecule has 0 radical (unpaired) electrons. The molecule has 0 unspecified atom stereocenters. The fourth-order valence-corrected chi connectivity index (χ4v) is 2.21. The smallest absolute Gasteiger partial charge is 0.119 e. The Morgan fingerprint density at radius 3 is 2.79 bits per heavy atom. The van der Waals surface area contributed by atoms with Gasteiger partial charge in [-0.25, -0.2) is 4.39 Å². The van der Waals surface area contributed by atoms with Crippen LogP contribution < -0.4 is 0 Å². The van der Waals surface area contributed by atoms with Gasteiger partial charge in [0.2, 0.25) is 0 Å². The molecular formula is C11H10ClFO. The summed E-state index contributed by atoms with van der Waals surface area (Å²) in [5, 5.41) is 9.57. The van der Waals surface area contributed by atoms with E-state index in [9.17, 15) is 9.50 Å². The first-order valence-electron chi connectivity index (χ1n) is 4.46. The number of benzene rings is 1. The van der Waals surface area contributed by atoms with Crippen molar-refractivity contribution in [2.45, 2.75) is 19.8 Å². The maximum atomic E-state index is 13.2. The summed E-state index contributed by atoms with van der Waals surface area (Å²) in [6.07, 6.45) is 0.932. The second-order valence-corrected chi connectivity index (χ2v) is 3.89. The molecule has 0 aromatic heterocycles. The largest absolute Gasteiger partial charge is 0.508 e. The van der Waals surface area contributed by atoms with Crippen LogP contribution in [0.3, 0.4) is 0 Å². The number of aromatic hydroxyl groups is 1. The third kappa shape index (κ3) is 1.40. The van der Waals surface area contributed by atoms with Gasteiger partial charge in [0, 0.05) is 12.0 Å². The molecule has 1 N–H and O–H groups in total. The fourth-order valence-electron chi connectivity index (χ4n) is 1.84. The Morgan fingerprint density at radius 2 is 2.07 bits per heavy atom. The highest BCUT2D eigenvalue weighted by atomic mass is 35.5. The first-order chi connectivity index (χ1) is 6.59. The van der Waals surface area contributed by atoms with Crippen LogP contribution in [0.1, 0.15) is 23.1 Å². The van der Waals surface area contributed by atoms with Crippen LogP contribution >= 0.6 is 11.6 Å². The summed E-state index contributed by atoms with van der Waals surface area (Å²) in [6, 6.07) is 3.25. The van der Waals surface area contributed by atoms with Crippen molar-refractivity contribution in [2.24, 2.45) is 0 Å². The van der Waals surface area contributed by atoms with Gasteiger partial charge in [0.05, 0.1) is 5.03 Å². The lowest BCUT2D eigenvalue weighted by atomic mass is 9.92. The molecule has 0 saturated carbocycles. The van der Waals surface area contributed by atoms with E-state index in [0.717, 1.165) is 16.7 Å². The lowest BCUT2D eigenvalue weighted by molar-refractivity contribution is 0.473. The lowest BCUT2D eigenvalue weighted by Gasteiger charge is -2.17. The van der Waals surface area contributed by atoms with E-state index >= 15 is 0 Å². The summed E-state index contributed by atoms with van der Waals surface area (Å²) >= 11 is 5.88. The first kappa shape index (κ1) is 9.53. The molecule has 0 fully saturated rings. The maximum absolute atomic E-state index is 13.2. The maximum Gasteiger partial charge on any atom is 0.119 e. The number of rotatable bonds is 0. The van der Waals surface area contributed by atoms with Gasteiger partial charge < -0.3 is 5.11 Å². The van der Waals surface area contributed by atoms with E-state index in [2.05, 4.69) is 0 Å². The van der Waals surface area contributed by atoms with Crippen LogP contribution in [0.25, 0.3) is 5.03 Å². The Balaban J connectivity index is 2.68. The zero-order valence-corrected chi connectivity index (χ0v) is 8.53. The molecule has 0 aliphatic heterocycles. The van der Waals surface area contributed by atoms with Crippen LogP contribution in [0, 0.1) is 6.92 Å². The molecule has 1 aliphatic rings. The predicted octanol–water partition coefficient (Wildman–Crippen LogP) is 3.52. The Morgan fingerprint density at radius 1 is 1.36 bits per heavy atom. The third-order valence-corrected chi connectivity index (χ3v) is 2.87. The Hall–Kier alpha value is -1.02. The van der Waals surface area contributed by atoms with Crippen LogP contribution in [0.2, 0.25) is 0 Å². The summed E-state index contributed by atoms with van der Waals surface area (Å²) in [5.41, 5.74) is 2.49. The topological polar surface area (TPSA) is 20.2 Å². The molecule has 1 nitrogen and oxygen atoms in total. The lowest BCUT2D eigenvalue weighted by Crippen LogP contribution is -2.02. The molecule has 74 valence electrons. The van der Waals surface area contributed by atoms with Gasteiger partial charge in [-0.1, -0.05) is 11.6 Å². The first-order valence-corrected chi connectivity index (χ1v) is 4.84. The number of phenols is 1. The van der Waals surface area contributed by atoms with Crippen molar-refractivity contribution < 1.29 is 9.50 Å². The van der Waals surface area contributed by atoms with Gasteiger partial charge in [0.15, 0.2) is 0 Å². The number of fused-ring (bicyclic) bond motifs is 1. The molecule has 0 bridgehead atoms. The summed E-state index contributed by atoms with van der Waals surface area (Å²) in [5.74, 6) is -0.0408. The van der Waals surface area contributed by atoms with Crippen molar-refractivity contribution in [2.75, 3.05) is 0 Å². The summed E-state index contributed by atoms with van der Waals surface area (Å²) in [7, 11) is 0. The normalized spacial score (nSPS) is 15.6. The second kappa shape index (κ2) is 3.28. The average molecular weight is 213 g/mol. The minimum Gasteiger partial charge on any atom is -0.508 e. The number of halogens is 2. The average Bonchev–Trinajstić information content (AvgIpc) is 2.10. The van der Waals surface area contributed by atoms with Gasteiger partial charge in [-0.3, -0.25) is 0 Å². The van der Waals surface area contributed by atoms with Crippen LogP contribution in [0.15, 0.2) is 18.0 Å². The summed E-state index contributed by atoms with van der Waals surface area (Å²) in [6.45, 7) is 1.82. The highest BCUT2D eigenvalue weighted by molar-refractivity contribution is 6.49. The fraction of sp³-hybridized carbons (Fsp3) is 0.273. The van der Waals surface area contributed by atoms with Gasteiger partial charge in [-0.2, -0.15) is 0 Å². The van der Waals surface area contributed by atoms with Gasteiger partial charge in [0.25, 0.3) is 0 Å². The molecule has 1 aliphatic carbocycles. The monoisotopic (exact) mass is 212 g/mol. The van der Waals surface area contributed by atoms with Crippen molar-refractivity contribution in [1.82, 2.24) is 0 Å². The zero-order chi connectivity index (χ0) is 10.3. The minimum atomic E-state index is -0.257. The van der Waals surface area contributed by atoms with E-state index in [0.29, 0.717) is 12.8 Å². The Bertz CT molecular complexity index is 424. The SMILES string of the molecule is Cc1cc(O)cc2c1C(Cl)=C(F)CC2. The van der Waals surface area contributed by atoms with Crippen molar-refractivity contribution in [3.05, 3.63) is 34.6 Å². The zero-order valence-electron chi connectivity index (χ0n) is 7.77. The highest BCUT2D eigenvalue weighted by Crippen LogP contribution is 2.38. The molecule has 0 heterocycles. The van der Waals surface area contributed by atoms with E-state index in [-0.39, 0.29) is 16.6 Å². The van der Waals surface area contributed by atoms with Gasteiger partial charge in [0.1, 0.15) is 11.6 Å². The van der Waals surface area contributed by atoms with Gasteiger partial charge in [-0.15, -0.1) is 0 Å². The Labute approximate surface area is 86.8 Å². The van der Waals surface area contributed by atoms with E-state index in [4.69, 9.17) is 11.6 Å². The molecule has 1 aromatic carbocycles. The molecule has 0 spiro atoms. The molecule has 3 heteroatoms. The number of allylic oxidation sites excluding steroid dienone is 1. The number of hydrogen-bond acceptors (Lipinski definition) is 1. The summed E-state index contributed by atoms with van der Waals surface area (Å²) in [4.78, 5) is 0. The van der Waals surface area contributed by atoms with Crippen LogP contribution in [0.5, 0.6) is 5.75 Å². The standard InChI is InChI=1S/C11H10ClFO/c1-6-4-8(14)5-7-2-3-9(13)11(12)10(6)7/h4-5,14H,2-3H2,1H3. The predicted molar refractivity (Wildman–Crippen MR) is 55.0 cm³/mol. The molecular weight excluding hydrogens is 203 g/mol. The molecule has 14 heavy (non-hydrogen) atoms. The molecule has 2 rings (SSSR count). The van der Waals surface area contributed by atoms with Crippen molar-refractivity contribution >= 4 is 16.6 Å². The quantitative estimate of drug-likeness (QED) is 0.698. The van der Waals surface area contributed by atoms with Crippen molar-refractivity contribution in [3.8, 4) is 5.75 Å². The van der Waals surface area contributed by atoms with Gasteiger partial charge >= 0.3 is 0 Å². The molecule has 1 aromatic rings. The van der Waals surface area contributed by atoms with Crippen molar-refractivity contribution in [1.29, 1.82) is 0 Å². The van der Waals surface area contributed by atoms with E-state index in [1.54, 1.807) is 12.1 Å². The molecule has 0 amide bonds. The van der Waals surface area contributed by atoms with Gasteiger partial charge in [-0.05, 0) is 36.6 Å². The molecule has 0 saturated heterocycles. The summed E-state index contributed by atoms with van der Waals surface area (Å²) < 4.78 is 13.2.